The number of piperidine rings is 1. The van der Waals surface area contributed by atoms with Gasteiger partial charge in [-0.25, -0.2) is 4.99 Å². The molecule has 1 unspecified atom stereocenters. The van der Waals surface area contributed by atoms with Crippen LogP contribution in [0.5, 0.6) is 11.5 Å². The van der Waals surface area contributed by atoms with Crippen LogP contribution in [-0.2, 0) is 9.59 Å². The summed E-state index contributed by atoms with van der Waals surface area (Å²) in [4.78, 5) is 31.3. The summed E-state index contributed by atoms with van der Waals surface area (Å²) in [5.74, 6) is 1.49. The molecule has 0 aromatic heterocycles. The van der Waals surface area contributed by atoms with Crippen LogP contribution in [0.1, 0.15) is 25.7 Å². The molecular formula is C22H24N4O3. The quantitative estimate of drug-likeness (QED) is 0.837. The van der Waals surface area contributed by atoms with Gasteiger partial charge in [0.1, 0.15) is 17.5 Å². The van der Waals surface area contributed by atoms with Crippen LogP contribution in [0.15, 0.2) is 59.6 Å². The van der Waals surface area contributed by atoms with Crippen LogP contribution in [0.25, 0.3) is 0 Å². The Bertz CT molecular complexity index is 890. The Labute approximate surface area is 169 Å². The summed E-state index contributed by atoms with van der Waals surface area (Å²) in [7, 11) is 0. The summed E-state index contributed by atoms with van der Waals surface area (Å²) in [5, 5.41) is 5.65. The number of ether oxygens (including phenoxy) is 1. The standard InChI is InChI=1S/C22H24N4O3/c27-20-15-19(24-22(25-20)26-13-5-2-6-14-26)21(28)23-16-9-11-18(12-10-16)29-17-7-3-1-4-8-17/h1,3-4,7-12,19H,2,5-6,13-15H2,(H,23,28)(H,24,25,27). The van der Waals surface area contributed by atoms with Crippen molar-refractivity contribution in [3.63, 3.8) is 0 Å². The molecule has 7 nitrogen and oxygen atoms in total. The lowest BCUT2D eigenvalue weighted by molar-refractivity contribution is -0.125. The molecule has 29 heavy (non-hydrogen) atoms. The van der Waals surface area contributed by atoms with Gasteiger partial charge in [0.25, 0.3) is 0 Å². The molecule has 2 aromatic carbocycles. The summed E-state index contributed by atoms with van der Waals surface area (Å²) in [6.07, 6.45) is 3.39. The van der Waals surface area contributed by atoms with Crippen LogP contribution in [-0.4, -0.2) is 41.8 Å². The van der Waals surface area contributed by atoms with Crippen LogP contribution in [0.3, 0.4) is 0 Å². The van der Waals surface area contributed by atoms with Gasteiger partial charge in [-0.05, 0) is 55.7 Å². The molecule has 4 rings (SSSR count). The van der Waals surface area contributed by atoms with Gasteiger partial charge in [-0.2, -0.15) is 0 Å². The second-order valence-corrected chi connectivity index (χ2v) is 7.20. The van der Waals surface area contributed by atoms with Crippen molar-refractivity contribution >= 4 is 23.5 Å². The third kappa shape index (κ3) is 4.93. The van der Waals surface area contributed by atoms with Crippen LogP contribution < -0.4 is 15.4 Å². The number of likely N-dealkylation sites (tertiary alicyclic amines) is 1. The van der Waals surface area contributed by atoms with Crippen molar-refractivity contribution in [3.8, 4) is 11.5 Å². The summed E-state index contributed by atoms with van der Waals surface area (Å²) in [6, 6.07) is 15.9. The number of rotatable bonds is 4. The molecule has 0 radical (unpaired) electrons. The van der Waals surface area contributed by atoms with Gasteiger partial charge in [0.2, 0.25) is 17.8 Å². The van der Waals surface area contributed by atoms with E-state index in [0.29, 0.717) is 17.4 Å². The predicted molar refractivity (Wildman–Crippen MR) is 111 cm³/mol. The molecule has 1 fully saturated rings. The first-order valence-corrected chi connectivity index (χ1v) is 9.94. The van der Waals surface area contributed by atoms with Crippen molar-refractivity contribution in [1.29, 1.82) is 0 Å². The normalized spacial score (nSPS) is 19.2. The SMILES string of the molecule is O=C1CC(C(=O)Nc2ccc(Oc3ccccc3)cc2)N=C(N2CCCCC2)N1. The van der Waals surface area contributed by atoms with Crippen molar-refractivity contribution in [1.82, 2.24) is 10.2 Å². The third-order valence-electron chi connectivity index (χ3n) is 4.97. The lowest BCUT2D eigenvalue weighted by Gasteiger charge is -2.32. The van der Waals surface area contributed by atoms with Crippen LogP contribution in [0.4, 0.5) is 5.69 Å². The van der Waals surface area contributed by atoms with E-state index in [4.69, 9.17) is 4.74 Å². The lowest BCUT2D eigenvalue weighted by atomic mass is 10.1. The fourth-order valence-corrected chi connectivity index (χ4v) is 3.45. The highest BCUT2D eigenvalue weighted by Gasteiger charge is 2.29. The fraction of sp³-hybridized carbons (Fsp3) is 0.318. The third-order valence-corrected chi connectivity index (χ3v) is 4.97. The van der Waals surface area contributed by atoms with Crippen molar-refractivity contribution in [3.05, 3.63) is 54.6 Å². The van der Waals surface area contributed by atoms with Crippen LogP contribution in [0.2, 0.25) is 0 Å². The fourth-order valence-electron chi connectivity index (χ4n) is 3.45. The molecule has 7 heteroatoms. The zero-order valence-corrected chi connectivity index (χ0v) is 16.1. The summed E-state index contributed by atoms with van der Waals surface area (Å²) < 4.78 is 5.76. The van der Waals surface area contributed by atoms with Gasteiger partial charge in [0.05, 0.1) is 6.42 Å². The largest absolute Gasteiger partial charge is 0.457 e. The van der Waals surface area contributed by atoms with Crippen molar-refractivity contribution in [2.24, 2.45) is 4.99 Å². The molecule has 2 aliphatic rings. The Kier molecular flexibility index (Phi) is 5.74. The molecule has 1 saturated heterocycles. The summed E-state index contributed by atoms with van der Waals surface area (Å²) >= 11 is 0. The van der Waals surface area contributed by atoms with E-state index < -0.39 is 6.04 Å². The number of anilines is 1. The molecule has 2 aromatic rings. The second kappa shape index (κ2) is 8.77. The van der Waals surface area contributed by atoms with Crippen molar-refractivity contribution < 1.29 is 14.3 Å². The van der Waals surface area contributed by atoms with Crippen molar-refractivity contribution in [2.75, 3.05) is 18.4 Å². The number of carbonyl (C=O) groups excluding carboxylic acids is 2. The van der Waals surface area contributed by atoms with Gasteiger partial charge in [0, 0.05) is 18.8 Å². The van der Waals surface area contributed by atoms with E-state index in [1.165, 1.54) is 6.42 Å². The monoisotopic (exact) mass is 392 g/mol. The lowest BCUT2D eigenvalue weighted by Crippen LogP contribution is -2.51. The van der Waals surface area contributed by atoms with Crippen LogP contribution >= 0.6 is 0 Å². The Morgan fingerprint density at radius 1 is 1.00 bits per heavy atom. The number of hydrogen-bond donors (Lipinski definition) is 2. The highest BCUT2D eigenvalue weighted by Crippen LogP contribution is 2.23. The van der Waals surface area contributed by atoms with Gasteiger partial charge < -0.3 is 15.0 Å². The minimum absolute atomic E-state index is 0.0539. The van der Waals surface area contributed by atoms with E-state index in [9.17, 15) is 9.59 Å². The average molecular weight is 392 g/mol. The second-order valence-electron chi connectivity index (χ2n) is 7.20. The van der Waals surface area contributed by atoms with Gasteiger partial charge in [-0.1, -0.05) is 18.2 Å². The first-order chi connectivity index (χ1) is 14.2. The molecular weight excluding hydrogens is 368 g/mol. The number of aliphatic imine (C=N–C) groups is 1. The molecule has 0 aliphatic carbocycles. The van der Waals surface area contributed by atoms with E-state index in [1.807, 2.05) is 30.3 Å². The van der Waals surface area contributed by atoms with Gasteiger partial charge in [-0.3, -0.25) is 14.9 Å². The summed E-state index contributed by atoms with van der Waals surface area (Å²) in [6.45, 7) is 1.71. The minimum atomic E-state index is -0.721. The molecule has 1 atom stereocenters. The zero-order chi connectivity index (χ0) is 20.1. The molecule has 2 aliphatic heterocycles. The van der Waals surface area contributed by atoms with Gasteiger partial charge in [-0.15, -0.1) is 0 Å². The minimum Gasteiger partial charge on any atom is -0.457 e. The maximum Gasteiger partial charge on any atom is 0.249 e. The maximum absolute atomic E-state index is 12.7. The molecule has 2 N–H and O–H groups in total. The number of nitrogens with zero attached hydrogens (tertiary/aromatic N) is 2. The van der Waals surface area contributed by atoms with E-state index in [1.54, 1.807) is 24.3 Å². The highest BCUT2D eigenvalue weighted by atomic mass is 16.5. The summed E-state index contributed by atoms with van der Waals surface area (Å²) in [5.41, 5.74) is 0.635. The number of nitrogens with one attached hydrogen (secondary N) is 2. The number of carbonyl (C=O) groups is 2. The molecule has 0 bridgehead atoms. The Hall–Kier alpha value is -3.35. The number of benzene rings is 2. The Morgan fingerprint density at radius 2 is 1.69 bits per heavy atom. The van der Waals surface area contributed by atoms with Gasteiger partial charge >= 0.3 is 0 Å². The first kappa shape index (κ1) is 19.0. The van der Waals surface area contributed by atoms with Crippen molar-refractivity contribution in [2.45, 2.75) is 31.7 Å². The first-order valence-electron chi connectivity index (χ1n) is 9.94. The smallest absolute Gasteiger partial charge is 0.249 e. The van der Waals surface area contributed by atoms with Crippen LogP contribution in [0, 0.1) is 0 Å². The Morgan fingerprint density at radius 3 is 2.41 bits per heavy atom. The topological polar surface area (TPSA) is 83.0 Å². The predicted octanol–water partition coefficient (Wildman–Crippen LogP) is 3.15. The average Bonchev–Trinajstić information content (AvgIpc) is 2.76. The molecule has 2 amide bonds. The van der Waals surface area contributed by atoms with E-state index >= 15 is 0 Å². The van der Waals surface area contributed by atoms with E-state index in [-0.39, 0.29) is 18.2 Å². The highest BCUT2D eigenvalue weighted by molar-refractivity contribution is 6.05. The Balaban J connectivity index is 1.39. The number of para-hydroxylation sites is 1. The molecule has 150 valence electrons. The molecule has 2 heterocycles. The number of hydrogen-bond acceptors (Lipinski definition) is 5. The number of guanidine groups is 1. The maximum atomic E-state index is 12.7. The van der Waals surface area contributed by atoms with E-state index in [0.717, 1.165) is 31.7 Å². The molecule has 0 saturated carbocycles. The van der Waals surface area contributed by atoms with Gasteiger partial charge in [0.15, 0.2) is 0 Å². The zero-order valence-electron chi connectivity index (χ0n) is 16.1. The number of amides is 2. The van der Waals surface area contributed by atoms with E-state index in [2.05, 4.69) is 20.5 Å². The molecule has 0 spiro atoms.